The van der Waals surface area contributed by atoms with E-state index in [2.05, 4.69) is 9.47 Å². The lowest BCUT2D eigenvalue weighted by Crippen LogP contribution is -2.17. The molecule has 0 aromatic heterocycles. The van der Waals surface area contributed by atoms with Gasteiger partial charge in [-0.3, -0.25) is 4.79 Å². The number of phenolic OH excluding ortho intramolecular Hbond substituents is 1. The Kier molecular flexibility index (Phi) is 3.26. The molecule has 0 bridgehead atoms. The smallest absolute Gasteiger partial charge is 0.504 e. The van der Waals surface area contributed by atoms with Gasteiger partial charge in [-0.2, -0.15) is 0 Å². The first-order valence-electron chi connectivity index (χ1n) is 4.05. The molecule has 4 nitrogen and oxygen atoms in total. The molecule has 88 valence electrons. The summed E-state index contributed by atoms with van der Waals surface area (Å²) in [6.07, 6.45) is -4.89. The molecule has 0 unspecified atom stereocenters. The SMILES string of the molecule is CC(=O)Oc1ccc(OC(F)(F)F)c(O)c1. The number of aromatic hydroxyl groups is 1. The highest BCUT2D eigenvalue weighted by molar-refractivity contribution is 5.69. The van der Waals surface area contributed by atoms with E-state index in [9.17, 15) is 18.0 Å². The molecular weight excluding hydrogens is 229 g/mol. The Labute approximate surface area is 88.2 Å². The van der Waals surface area contributed by atoms with Crippen LogP contribution in [0, 0.1) is 0 Å². The van der Waals surface area contributed by atoms with Gasteiger partial charge < -0.3 is 14.6 Å². The van der Waals surface area contributed by atoms with Crippen LogP contribution in [0.15, 0.2) is 18.2 Å². The summed E-state index contributed by atoms with van der Waals surface area (Å²) in [4.78, 5) is 10.5. The van der Waals surface area contributed by atoms with Crippen LogP contribution in [0.5, 0.6) is 17.2 Å². The molecule has 0 radical (unpaired) electrons. The monoisotopic (exact) mass is 236 g/mol. The van der Waals surface area contributed by atoms with Crippen molar-refractivity contribution in [2.45, 2.75) is 13.3 Å². The molecule has 0 fully saturated rings. The first-order chi connectivity index (χ1) is 7.28. The molecular formula is C9H7F3O4. The first-order valence-corrected chi connectivity index (χ1v) is 4.05. The maximum absolute atomic E-state index is 11.8. The van der Waals surface area contributed by atoms with Crippen molar-refractivity contribution in [2.75, 3.05) is 0 Å². The Morgan fingerprint density at radius 2 is 2.00 bits per heavy atom. The first kappa shape index (κ1) is 12.2. The van der Waals surface area contributed by atoms with E-state index < -0.39 is 23.8 Å². The van der Waals surface area contributed by atoms with Gasteiger partial charge in [0.2, 0.25) is 0 Å². The number of hydrogen-bond donors (Lipinski definition) is 1. The Morgan fingerprint density at radius 1 is 1.38 bits per heavy atom. The van der Waals surface area contributed by atoms with Crippen molar-refractivity contribution in [3.05, 3.63) is 18.2 Å². The fourth-order valence-electron chi connectivity index (χ4n) is 0.938. The van der Waals surface area contributed by atoms with Gasteiger partial charge in [-0.05, 0) is 12.1 Å². The quantitative estimate of drug-likeness (QED) is 0.631. The van der Waals surface area contributed by atoms with E-state index >= 15 is 0 Å². The molecule has 0 amide bonds. The number of esters is 1. The second-order valence-corrected chi connectivity index (χ2v) is 2.77. The minimum atomic E-state index is -4.89. The lowest BCUT2D eigenvalue weighted by atomic mass is 10.3. The Morgan fingerprint density at radius 3 is 2.44 bits per heavy atom. The molecule has 0 atom stereocenters. The second kappa shape index (κ2) is 4.30. The summed E-state index contributed by atoms with van der Waals surface area (Å²) in [6, 6.07) is 2.77. The highest BCUT2D eigenvalue weighted by atomic mass is 19.4. The largest absolute Gasteiger partial charge is 0.573 e. The van der Waals surface area contributed by atoms with E-state index in [-0.39, 0.29) is 5.75 Å². The number of rotatable bonds is 2. The Bertz CT molecular complexity index is 400. The molecule has 1 aromatic rings. The minimum absolute atomic E-state index is 0.0699. The van der Waals surface area contributed by atoms with Gasteiger partial charge in [0.25, 0.3) is 0 Å². The summed E-state index contributed by atoms with van der Waals surface area (Å²) < 4.78 is 43.5. The maximum atomic E-state index is 11.8. The van der Waals surface area contributed by atoms with Crippen LogP contribution in [0.25, 0.3) is 0 Å². The standard InChI is InChI=1S/C9H7F3O4/c1-5(13)15-6-2-3-8(7(14)4-6)16-9(10,11)12/h2-4,14H,1H3. The average Bonchev–Trinajstić information content (AvgIpc) is 2.06. The summed E-state index contributed by atoms with van der Waals surface area (Å²) >= 11 is 0. The van der Waals surface area contributed by atoms with Gasteiger partial charge in [-0.25, -0.2) is 0 Å². The van der Waals surface area contributed by atoms with Crippen molar-refractivity contribution in [1.29, 1.82) is 0 Å². The third-order valence-corrected chi connectivity index (χ3v) is 1.42. The number of phenols is 1. The Hall–Kier alpha value is -1.92. The molecule has 0 aliphatic heterocycles. The molecule has 0 saturated heterocycles. The molecule has 16 heavy (non-hydrogen) atoms. The van der Waals surface area contributed by atoms with Crippen LogP contribution in [0.3, 0.4) is 0 Å². The van der Waals surface area contributed by atoms with Crippen molar-refractivity contribution in [1.82, 2.24) is 0 Å². The number of benzene rings is 1. The van der Waals surface area contributed by atoms with E-state index in [0.29, 0.717) is 0 Å². The van der Waals surface area contributed by atoms with Gasteiger partial charge in [-0.15, -0.1) is 13.2 Å². The maximum Gasteiger partial charge on any atom is 0.573 e. The third kappa shape index (κ3) is 3.68. The van der Waals surface area contributed by atoms with Gasteiger partial charge in [0.1, 0.15) is 5.75 Å². The zero-order valence-corrected chi connectivity index (χ0v) is 8.04. The minimum Gasteiger partial charge on any atom is -0.504 e. The van der Waals surface area contributed by atoms with Crippen molar-refractivity contribution in [3.8, 4) is 17.2 Å². The van der Waals surface area contributed by atoms with Crippen LogP contribution in [0.2, 0.25) is 0 Å². The van der Waals surface area contributed by atoms with Gasteiger partial charge in [0, 0.05) is 13.0 Å². The summed E-state index contributed by atoms with van der Waals surface area (Å²) in [5.41, 5.74) is 0. The van der Waals surface area contributed by atoms with E-state index in [0.717, 1.165) is 25.1 Å². The molecule has 0 saturated carbocycles. The zero-order valence-electron chi connectivity index (χ0n) is 8.04. The van der Waals surface area contributed by atoms with Crippen LogP contribution >= 0.6 is 0 Å². The van der Waals surface area contributed by atoms with Crippen molar-refractivity contribution >= 4 is 5.97 Å². The lowest BCUT2D eigenvalue weighted by molar-refractivity contribution is -0.275. The number of alkyl halides is 3. The van der Waals surface area contributed by atoms with Gasteiger partial charge in [0.15, 0.2) is 11.5 Å². The zero-order chi connectivity index (χ0) is 12.3. The predicted octanol–water partition coefficient (Wildman–Crippen LogP) is 2.22. The van der Waals surface area contributed by atoms with Crippen LogP contribution in [-0.2, 0) is 4.79 Å². The number of halogens is 3. The van der Waals surface area contributed by atoms with Gasteiger partial charge in [0.05, 0.1) is 0 Å². The van der Waals surface area contributed by atoms with Gasteiger partial charge >= 0.3 is 12.3 Å². The van der Waals surface area contributed by atoms with Crippen molar-refractivity contribution in [3.63, 3.8) is 0 Å². The Balaban J connectivity index is 2.87. The summed E-state index contributed by atoms with van der Waals surface area (Å²) in [6.45, 7) is 1.12. The van der Waals surface area contributed by atoms with E-state index in [1.807, 2.05) is 0 Å². The second-order valence-electron chi connectivity index (χ2n) is 2.77. The normalized spacial score (nSPS) is 11.0. The predicted molar refractivity (Wildman–Crippen MR) is 46.1 cm³/mol. The summed E-state index contributed by atoms with van der Waals surface area (Å²) in [7, 11) is 0. The molecule has 0 spiro atoms. The molecule has 7 heteroatoms. The fraction of sp³-hybridized carbons (Fsp3) is 0.222. The van der Waals surface area contributed by atoms with Crippen molar-refractivity contribution < 1.29 is 32.5 Å². The topological polar surface area (TPSA) is 55.8 Å². The molecule has 1 N–H and O–H groups in total. The highest BCUT2D eigenvalue weighted by Gasteiger charge is 2.32. The third-order valence-electron chi connectivity index (χ3n) is 1.42. The lowest BCUT2D eigenvalue weighted by Gasteiger charge is -2.10. The molecule has 0 aliphatic rings. The van der Waals surface area contributed by atoms with Crippen LogP contribution in [0.4, 0.5) is 13.2 Å². The van der Waals surface area contributed by atoms with Crippen LogP contribution in [0.1, 0.15) is 6.92 Å². The summed E-state index contributed by atoms with van der Waals surface area (Å²) in [5.74, 6) is -2.25. The van der Waals surface area contributed by atoms with E-state index in [4.69, 9.17) is 5.11 Å². The fourth-order valence-corrected chi connectivity index (χ4v) is 0.938. The molecule has 0 heterocycles. The van der Waals surface area contributed by atoms with Crippen LogP contribution < -0.4 is 9.47 Å². The molecule has 0 aliphatic carbocycles. The van der Waals surface area contributed by atoms with Crippen molar-refractivity contribution in [2.24, 2.45) is 0 Å². The summed E-state index contributed by atoms with van der Waals surface area (Å²) in [5, 5.41) is 9.15. The number of hydrogen-bond acceptors (Lipinski definition) is 4. The number of carbonyl (C=O) groups is 1. The van der Waals surface area contributed by atoms with E-state index in [1.165, 1.54) is 0 Å². The molecule has 1 rings (SSSR count). The molecule has 1 aromatic carbocycles. The van der Waals surface area contributed by atoms with Gasteiger partial charge in [-0.1, -0.05) is 0 Å². The number of carbonyl (C=O) groups excluding carboxylic acids is 1. The average molecular weight is 236 g/mol. The highest BCUT2D eigenvalue weighted by Crippen LogP contribution is 2.34. The van der Waals surface area contributed by atoms with Crippen LogP contribution in [-0.4, -0.2) is 17.4 Å². The van der Waals surface area contributed by atoms with E-state index in [1.54, 1.807) is 0 Å². The number of ether oxygens (including phenoxy) is 2.